The molecular weight excluding hydrogens is 337 g/mol. The van der Waals surface area contributed by atoms with Gasteiger partial charge in [0.15, 0.2) is 0 Å². The van der Waals surface area contributed by atoms with Crippen LogP contribution in [0.15, 0.2) is 66.7 Å². The summed E-state index contributed by atoms with van der Waals surface area (Å²) in [5, 5.41) is 3.94. The third-order valence-corrected chi connectivity index (χ3v) is 4.20. The fourth-order valence-electron chi connectivity index (χ4n) is 2.53. The lowest BCUT2D eigenvalue weighted by atomic mass is 10.1. The summed E-state index contributed by atoms with van der Waals surface area (Å²) in [7, 11) is 0. The number of para-hydroxylation sites is 1. The van der Waals surface area contributed by atoms with Crippen LogP contribution in [0.4, 0.5) is 10.1 Å². The van der Waals surface area contributed by atoms with Crippen LogP contribution >= 0.6 is 11.6 Å². The predicted octanol–water partition coefficient (Wildman–Crippen LogP) is 5.98. The van der Waals surface area contributed by atoms with E-state index in [9.17, 15) is 4.39 Å². The molecule has 0 aromatic heterocycles. The highest BCUT2D eigenvalue weighted by molar-refractivity contribution is 6.32. The van der Waals surface area contributed by atoms with Crippen molar-refractivity contribution in [3.8, 4) is 5.75 Å². The molecule has 0 fully saturated rings. The minimum atomic E-state index is -0.273. The zero-order valence-electron chi connectivity index (χ0n) is 13.9. The molecular formula is C21H19ClFNO. The summed E-state index contributed by atoms with van der Waals surface area (Å²) < 4.78 is 18.9. The highest BCUT2D eigenvalue weighted by Gasteiger charge is 2.05. The molecule has 0 spiro atoms. The summed E-state index contributed by atoms with van der Waals surface area (Å²) in [6.07, 6.45) is 0. The zero-order valence-corrected chi connectivity index (χ0v) is 14.7. The molecule has 1 N–H and O–H groups in total. The van der Waals surface area contributed by atoms with Crippen LogP contribution in [-0.2, 0) is 13.2 Å². The van der Waals surface area contributed by atoms with Gasteiger partial charge in [-0.2, -0.15) is 0 Å². The second kappa shape index (κ2) is 8.04. The fourth-order valence-corrected chi connectivity index (χ4v) is 2.79. The van der Waals surface area contributed by atoms with Gasteiger partial charge in [-0.05, 0) is 53.9 Å². The Morgan fingerprint density at radius 3 is 2.56 bits per heavy atom. The van der Waals surface area contributed by atoms with Crippen LogP contribution in [0.1, 0.15) is 16.7 Å². The maximum Gasteiger partial charge on any atom is 0.138 e. The molecule has 0 aliphatic rings. The van der Waals surface area contributed by atoms with Crippen LogP contribution in [0, 0.1) is 12.7 Å². The number of anilines is 1. The van der Waals surface area contributed by atoms with Gasteiger partial charge in [-0.25, -0.2) is 4.39 Å². The van der Waals surface area contributed by atoms with Gasteiger partial charge in [-0.3, -0.25) is 0 Å². The van der Waals surface area contributed by atoms with E-state index >= 15 is 0 Å². The smallest absolute Gasteiger partial charge is 0.138 e. The lowest BCUT2D eigenvalue weighted by Crippen LogP contribution is -2.01. The standard InChI is InChI=1S/C21H19ClFNO/c1-15-5-2-3-8-20(15)24-13-16-9-10-21(19(22)12-16)25-14-17-6-4-7-18(23)11-17/h2-12,24H,13-14H2,1H3. The Balaban J connectivity index is 1.61. The molecule has 3 rings (SSSR count). The molecule has 0 atom stereocenters. The SMILES string of the molecule is Cc1ccccc1NCc1ccc(OCc2cccc(F)c2)c(Cl)c1. The van der Waals surface area contributed by atoms with Crippen LogP contribution < -0.4 is 10.1 Å². The molecule has 4 heteroatoms. The lowest BCUT2D eigenvalue weighted by molar-refractivity contribution is 0.305. The number of ether oxygens (including phenoxy) is 1. The average molecular weight is 356 g/mol. The Bertz CT molecular complexity index is 866. The van der Waals surface area contributed by atoms with Gasteiger partial charge in [0.2, 0.25) is 0 Å². The molecule has 0 aliphatic carbocycles. The van der Waals surface area contributed by atoms with Crippen molar-refractivity contribution >= 4 is 17.3 Å². The van der Waals surface area contributed by atoms with Gasteiger partial charge >= 0.3 is 0 Å². The highest BCUT2D eigenvalue weighted by atomic mass is 35.5. The van der Waals surface area contributed by atoms with Crippen molar-refractivity contribution in [1.82, 2.24) is 0 Å². The second-order valence-electron chi connectivity index (χ2n) is 5.85. The molecule has 0 bridgehead atoms. The van der Waals surface area contributed by atoms with Gasteiger partial charge in [0.05, 0.1) is 5.02 Å². The molecule has 2 nitrogen and oxygen atoms in total. The van der Waals surface area contributed by atoms with Crippen LogP contribution in [-0.4, -0.2) is 0 Å². The summed E-state index contributed by atoms with van der Waals surface area (Å²) in [5.41, 5.74) is 4.13. The normalized spacial score (nSPS) is 10.5. The van der Waals surface area contributed by atoms with Gasteiger partial charge in [0.25, 0.3) is 0 Å². The number of rotatable bonds is 6. The molecule has 128 valence electrons. The summed E-state index contributed by atoms with van der Waals surface area (Å²) in [4.78, 5) is 0. The average Bonchev–Trinajstić information content (AvgIpc) is 2.60. The van der Waals surface area contributed by atoms with Crippen molar-refractivity contribution in [3.63, 3.8) is 0 Å². The van der Waals surface area contributed by atoms with Crippen molar-refractivity contribution in [2.45, 2.75) is 20.1 Å². The first kappa shape index (κ1) is 17.3. The number of hydrogen-bond donors (Lipinski definition) is 1. The number of halogens is 2. The first-order valence-corrected chi connectivity index (χ1v) is 8.45. The molecule has 3 aromatic carbocycles. The van der Waals surface area contributed by atoms with Crippen molar-refractivity contribution < 1.29 is 9.13 Å². The zero-order chi connectivity index (χ0) is 17.6. The summed E-state index contributed by atoms with van der Waals surface area (Å²) >= 11 is 6.31. The van der Waals surface area contributed by atoms with Gasteiger partial charge in [0, 0.05) is 12.2 Å². The predicted molar refractivity (Wildman–Crippen MR) is 101 cm³/mol. The van der Waals surface area contributed by atoms with Crippen LogP contribution in [0.25, 0.3) is 0 Å². The first-order chi connectivity index (χ1) is 12.1. The number of hydrogen-bond acceptors (Lipinski definition) is 2. The topological polar surface area (TPSA) is 21.3 Å². The third kappa shape index (κ3) is 4.74. The Labute approximate surface area is 152 Å². The molecule has 25 heavy (non-hydrogen) atoms. The molecule has 0 radical (unpaired) electrons. The molecule has 0 heterocycles. The minimum Gasteiger partial charge on any atom is -0.487 e. The number of aryl methyl sites for hydroxylation is 1. The maximum atomic E-state index is 13.2. The fraction of sp³-hybridized carbons (Fsp3) is 0.143. The van der Waals surface area contributed by atoms with Gasteiger partial charge in [0.1, 0.15) is 18.2 Å². The van der Waals surface area contributed by atoms with E-state index in [1.807, 2.05) is 42.5 Å². The van der Waals surface area contributed by atoms with E-state index in [4.69, 9.17) is 16.3 Å². The maximum absolute atomic E-state index is 13.2. The first-order valence-electron chi connectivity index (χ1n) is 8.07. The van der Waals surface area contributed by atoms with Crippen molar-refractivity contribution in [2.24, 2.45) is 0 Å². The largest absolute Gasteiger partial charge is 0.487 e. The number of benzene rings is 3. The third-order valence-electron chi connectivity index (χ3n) is 3.91. The van der Waals surface area contributed by atoms with E-state index in [0.29, 0.717) is 17.3 Å². The molecule has 3 aromatic rings. The molecule has 0 aliphatic heterocycles. The quantitative estimate of drug-likeness (QED) is 0.587. The van der Waals surface area contributed by atoms with E-state index in [0.717, 1.165) is 16.8 Å². The van der Waals surface area contributed by atoms with Gasteiger partial charge in [-0.15, -0.1) is 0 Å². The van der Waals surface area contributed by atoms with E-state index in [1.165, 1.54) is 17.7 Å². The Hall–Kier alpha value is -2.52. The van der Waals surface area contributed by atoms with Crippen LogP contribution in [0.3, 0.4) is 0 Å². The van der Waals surface area contributed by atoms with Crippen molar-refractivity contribution in [2.75, 3.05) is 5.32 Å². The van der Waals surface area contributed by atoms with Gasteiger partial charge < -0.3 is 10.1 Å². The van der Waals surface area contributed by atoms with Crippen LogP contribution in [0.5, 0.6) is 5.75 Å². The second-order valence-corrected chi connectivity index (χ2v) is 6.26. The molecule has 0 saturated carbocycles. The van der Waals surface area contributed by atoms with Crippen LogP contribution in [0.2, 0.25) is 5.02 Å². The minimum absolute atomic E-state index is 0.273. The Morgan fingerprint density at radius 1 is 0.960 bits per heavy atom. The van der Waals surface area contributed by atoms with Crippen molar-refractivity contribution in [1.29, 1.82) is 0 Å². The van der Waals surface area contributed by atoms with Gasteiger partial charge in [-0.1, -0.05) is 48.0 Å². The summed E-state index contributed by atoms with van der Waals surface area (Å²) in [6.45, 7) is 3.02. The Morgan fingerprint density at radius 2 is 1.80 bits per heavy atom. The molecule has 0 amide bonds. The Kier molecular flexibility index (Phi) is 5.56. The summed E-state index contributed by atoms with van der Waals surface area (Å²) in [5.74, 6) is 0.315. The highest BCUT2D eigenvalue weighted by Crippen LogP contribution is 2.27. The van der Waals surface area contributed by atoms with E-state index in [2.05, 4.69) is 18.3 Å². The molecule has 0 saturated heterocycles. The molecule has 0 unspecified atom stereocenters. The van der Waals surface area contributed by atoms with E-state index in [-0.39, 0.29) is 12.4 Å². The van der Waals surface area contributed by atoms with Crippen molar-refractivity contribution in [3.05, 3.63) is 94.3 Å². The number of nitrogens with one attached hydrogen (secondary N) is 1. The van der Waals surface area contributed by atoms with E-state index in [1.54, 1.807) is 6.07 Å². The lowest BCUT2D eigenvalue weighted by Gasteiger charge is -2.12. The summed E-state index contributed by atoms with van der Waals surface area (Å²) in [6, 6.07) is 20.2. The monoisotopic (exact) mass is 355 g/mol. The van der Waals surface area contributed by atoms with E-state index < -0.39 is 0 Å².